The Hall–Kier alpha value is -2.56. The lowest BCUT2D eigenvalue weighted by Gasteiger charge is -2.19. The molecule has 30 heavy (non-hydrogen) atoms. The van der Waals surface area contributed by atoms with Crippen LogP contribution in [0, 0.1) is 6.92 Å². The molecule has 4 heteroatoms. The molecule has 3 nitrogen and oxygen atoms in total. The molecule has 3 aromatic rings. The number of rotatable bonds is 7. The van der Waals surface area contributed by atoms with Gasteiger partial charge in [-0.2, -0.15) is 0 Å². The van der Waals surface area contributed by atoms with E-state index in [0.29, 0.717) is 6.61 Å². The Labute approximate surface area is 183 Å². The Morgan fingerprint density at radius 2 is 1.67 bits per heavy atom. The number of ether oxygens (including phenoxy) is 1. The molecule has 154 valence electrons. The summed E-state index contributed by atoms with van der Waals surface area (Å²) in [5, 5.41) is 0.0894. The van der Waals surface area contributed by atoms with Crippen molar-refractivity contribution in [3.63, 3.8) is 0 Å². The monoisotopic (exact) mass is 417 g/mol. The molecular weight excluding hydrogens is 390 g/mol. The zero-order valence-electron chi connectivity index (χ0n) is 17.7. The number of carbonyl (C=O) groups is 1. The molecule has 2 unspecified atom stereocenters. The van der Waals surface area contributed by atoms with Gasteiger partial charge < -0.3 is 9.64 Å². The third kappa shape index (κ3) is 4.45. The van der Waals surface area contributed by atoms with Gasteiger partial charge >= 0.3 is 0 Å². The summed E-state index contributed by atoms with van der Waals surface area (Å²) in [6, 6.07) is 24.4. The van der Waals surface area contributed by atoms with Crippen LogP contribution in [-0.4, -0.2) is 37.9 Å². The number of aryl methyl sites for hydroxylation is 1. The predicted molar refractivity (Wildman–Crippen MR) is 124 cm³/mol. The first-order valence-corrected chi connectivity index (χ1v) is 11.1. The summed E-state index contributed by atoms with van der Waals surface area (Å²) >= 11 is 1.79. The van der Waals surface area contributed by atoms with Gasteiger partial charge in [-0.25, -0.2) is 0 Å². The van der Waals surface area contributed by atoms with E-state index in [9.17, 15) is 4.79 Å². The number of fused-ring (bicyclic) bond motifs is 1. The minimum atomic E-state index is -0.186. The summed E-state index contributed by atoms with van der Waals surface area (Å²) in [7, 11) is 4.04. The number of ketones is 1. The number of likely N-dealkylation sites (N-methyl/N-ethyl adjacent to an activating group) is 1. The number of nitrogens with zero attached hydrogens (tertiary/aromatic N) is 1. The molecule has 0 saturated heterocycles. The lowest BCUT2D eigenvalue weighted by Crippen LogP contribution is -2.19. The molecule has 0 amide bonds. The first-order chi connectivity index (χ1) is 14.5. The lowest BCUT2D eigenvalue weighted by atomic mass is 9.85. The minimum Gasteiger partial charge on any atom is -0.492 e. The standard InChI is InChI=1S/C26H27NO2S/c1-18-8-10-20(11-9-18)26-24(22-6-4-5-7-23(22)30-26)25(28)19-12-14-21(15-13-19)29-17-16-27(2)3/h4-15,24,26H,16-17H2,1-3H3. The van der Waals surface area contributed by atoms with Crippen molar-refractivity contribution in [3.8, 4) is 5.75 Å². The van der Waals surface area contributed by atoms with E-state index >= 15 is 0 Å². The maximum Gasteiger partial charge on any atom is 0.171 e. The highest BCUT2D eigenvalue weighted by atomic mass is 32.2. The van der Waals surface area contributed by atoms with Gasteiger partial charge in [-0.3, -0.25) is 4.79 Å². The van der Waals surface area contributed by atoms with Crippen molar-refractivity contribution in [2.45, 2.75) is 23.0 Å². The molecule has 0 aliphatic carbocycles. The molecule has 1 heterocycles. The van der Waals surface area contributed by atoms with Gasteiger partial charge in [0, 0.05) is 22.3 Å². The third-order valence-electron chi connectivity index (χ3n) is 5.45. The molecule has 4 rings (SSSR count). The maximum absolute atomic E-state index is 13.6. The van der Waals surface area contributed by atoms with E-state index in [-0.39, 0.29) is 17.0 Å². The first-order valence-electron chi connectivity index (χ1n) is 10.3. The van der Waals surface area contributed by atoms with Gasteiger partial charge in [0.2, 0.25) is 0 Å². The van der Waals surface area contributed by atoms with Gasteiger partial charge in [0.1, 0.15) is 12.4 Å². The Balaban J connectivity index is 1.59. The van der Waals surface area contributed by atoms with E-state index in [4.69, 9.17) is 4.74 Å². The Morgan fingerprint density at radius 1 is 0.967 bits per heavy atom. The third-order valence-corrected chi connectivity index (χ3v) is 6.87. The van der Waals surface area contributed by atoms with E-state index < -0.39 is 0 Å². The summed E-state index contributed by atoms with van der Waals surface area (Å²) in [5.74, 6) is 0.775. The van der Waals surface area contributed by atoms with Crippen LogP contribution in [0.15, 0.2) is 77.7 Å². The van der Waals surface area contributed by atoms with E-state index in [1.807, 2.05) is 50.5 Å². The van der Waals surface area contributed by atoms with E-state index in [1.54, 1.807) is 11.8 Å². The average molecular weight is 418 g/mol. The smallest absolute Gasteiger partial charge is 0.171 e. The van der Waals surface area contributed by atoms with Crippen LogP contribution >= 0.6 is 11.8 Å². The summed E-state index contributed by atoms with van der Waals surface area (Å²) in [4.78, 5) is 16.9. The summed E-state index contributed by atoms with van der Waals surface area (Å²) < 4.78 is 5.78. The van der Waals surface area contributed by atoms with Crippen LogP contribution in [0.1, 0.15) is 38.2 Å². The zero-order valence-corrected chi connectivity index (χ0v) is 18.5. The van der Waals surface area contributed by atoms with E-state index in [2.05, 4.69) is 48.2 Å². The number of thioether (sulfide) groups is 1. The zero-order chi connectivity index (χ0) is 21.1. The Morgan fingerprint density at radius 3 is 2.37 bits per heavy atom. The van der Waals surface area contributed by atoms with Gasteiger partial charge in [-0.1, -0.05) is 48.0 Å². The highest BCUT2D eigenvalue weighted by Crippen LogP contribution is 2.55. The molecule has 2 atom stereocenters. The maximum atomic E-state index is 13.6. The van der Waals surface area contributed by atoms with Gasteiger partial charge in [0.15, 0.2) is 5.78 Å². The topological polar surface area (TPSA) is 29.5 Å². The van der Waals surface area contributed by atoms with Crippen molar-refractivity contribution in [2.75, 3.05) is 27.2 Å². The predicted octanol–water partition coefficient (Wildman–Crippen LogP) is 5.75. The molecule has 0 saturated carbocycles. The molecule has 0 aromatic heterocycles. The van der Waals surface area contributed by atoms with Crippen molar-refractivity contribution < 1.29 is 9.53 Å². The van der Waals surface area contributed by atoms with E-state index in [1.165, 1.54) is 16.0 Å². The van der Waals surface area contributed by atoms with Gasteiger partial charge in [0.05, 0.1) is 5.92 Å². The number of hydrogen-bond acceptors (Lipinski definition) is 4. The molecule has 0 spiro atoms. The largest absolute Gasteiger partial charge is 0.492 e. The van der Waals surface area contributed by atoms with Crippen LogP contribution in [0.2, 0.25) is 0 Å². The molecule has 0 bridgehead atoms. The second kappa shape index (κ2) is 9.07. The number of Topliss-reactive ketones (excluding diaryl/α,β-unsaturated/α-hetero) is 1. The van der Waals surface area contributed by atoms with Crippen molar-refractivity contribution in [3.05, 3.63) is 95.1 Å². The molecule has 0 fully saturated rings. The van der Waals surface area contributed by atoms with Crippen LogP contribution < -0.4 is 4.74 Å². The van der Waals surface area contributed by atoms with Crippen LogP contribution in [0.5, 0.6) is 5.75 Å². The molecular formula is C26H27NO2S. The normalized spacial score (nSPS) is 17.7. The second-order valence-corrected chi connectivity index (χ2v) is 9.19. The highest BCUT2D eigenvalue weighted by Gasteiger charge is 2.39. The second-order valence-electron chi connectivity index (χ2n) is 8.00. The van der Waals surface area contributed by atoms with Crippen molar-refractivity contribution >= 4 is 17.5 Å². The van der Waals surface area contributed by atoms with Crippen LogP contribution in [0.3, 0.4) is 0 Å². The van der Waals surface area contributed by atoms with Gasteiger partial charge in [0.25, 0.3) is 0 Å². The molecule has 0 radical (unpaired) electrons. The lowest BCUT2D eigenvalue weighted by molar-refractivity contribution is 0.0958. The summed E-state index contributed by atoms with van der Waals surface area (Å²) in [5.41, 5.74) is 4.29. The fourth-order valence-corrected chi connectivity index (χ4v) is 5.21. The van der Waals surface area contributed by atoms with Crippen LogP contribution in [0.25, 0.3) is 0 Å². The average Bonchev–Trinajstić information content (AvgIpc) is 3.13. The Bertz CT molecular complexity index is 1010. The molecule has 1 aliphatic heterocycles. The fourth-order valence-electron chi connectivity index (χ4n) is 3.75. The summed E-state index contributed by atoms with van der Waals surface area (Å²) in [6.07, 6.45) is 0. The molecule has 3 aromatic carbocycles. The molecule has 1 aliphatic rings. The number of hydrogen-bond donors (Lipinski definition) is 0. The Kier molecular flexibility index (Phi) is 6.26. The van der Waals surface area contributed by atoms with E-state index in [0.717, 1.165) is 23.4 Å². The van der Waals surface area contributed by atoms with Gasteiger partial charge in [-0.05, 0) is 62.5 Å². The van der Waals surface area contributed by atoms with Gasteiger partial charge in [-0.15, -0.1) is 11.8 Å². The van der Waals surface area contributed by atoms with Crippen LogP contribution in [-0.2, 0) is 0 Å². The molecule has 0 N–H and O–H groups in total. The van der Waals surface area contributed by atoms with Crippen molar-refractivity contribution in [2.24, 2.45) is 0 Å². The first kappa shape index (κ1) is 20.7. The number of carbonyl (C=O) groups excluding carboxylic acids is 1. The minimum absolute atomic E-state index is 0.0894. The van der Waals surface area contributed by atoms with Crippen LogP contribution in [0.4, 0.5) is 0 Å². The summed E-state index contributed by atoms with van der Waals surface area (Å²) in [6.45, 7) is 3.57. The van der Waals surface area contributed by atoms with Crippen molar-refractivity contribution in [1.29, 1.82) is 0 Å². The highest BCUT2D eigenvalue weighted by molar-refractivity contribution is 8.00. The quantitative estimate of drug-likeness (QED) is 0.458. The van der Waals surface area contributed by atoms with Crippen molar-refractivity contribution in [1.82, 2.24) is 4.90 Å². The fraction of sp³-hybridized carbons (Fsp3) is 0.269. The number of benzene rings is 3. The SMILES string of the molecule is Cc1ccc(C2Sc3ccccc3C2C(=O)c2ccc(OCCN(C)C)cc2)cc1.